The Morgan fingerprint density at radius 2 is 2.00 bits per heavy atom. The van der Waals surface area contributed by atoms with E-state index in [0.29, 0.717) is 5.57 Å². The van der Waals surface area contributed by atoms with Gasteiger partial charge in [-0.05, 0) is 5.57 Å². The van der Waals surface area contributed by atoms with Crippen molar-refractivity contribution < 1.29 is 30.6 Å². The van der Waals surface area contributed by atoms with E-state index < -0.39 is 32.6 Å². The van der Waals surface area contributed by atoms with Crippen molar-refractivity contribution in [1.29, 1.82) is 0 Å². The molecule has 22 heavy (non-hydrogen) atoms. The second kappa shape index (κ2) is 4.42. The molecule has 1 spiro atoms. The summed E-state index contributed by atoms with van der Waals surface area (Å²) in [5.74, 6) is -1.71. The fourth-order valence-corrected chi connectivity index (χ4v) is 2.94. The van der Waals surface area contributed by atoms with E-state index in [9.17, 15) is 26.4 Å². The van der Waals surface area contributed by atoms with Crippen molar-refractivity contribution in [2.45, 2.75) is 11.9 Å². The minimum absolute atomic E-state index is 0.238. The number of carbonyl (C=O) groups is 1. The number of halogens is 3. The van der Waals surface area contributed by atoms with E-state index in [-0.39, 0.29) is 12.1 Å². The average Bonchev–Trinajstić information content (AvgIpc) is 2.76. The number of aliphatic imine (C=N–C) groups is 1. The maximum Gasteiger partial charge on any atom is 0.534 e. The van der Waals surface area contributed by atoms with E-state index >= 15 is 0 Å². The average molecular weight is 331 g/mol. The van der Waals surface area contributed by atoms with Gasteiger partial charge in [-0.25, -0.2) is 0 Å². The molecule has 0 radical (unpaired) electrons. The molecule has 0 fully saturated rings. The molecule has 0 aromatic rings. The lowest BCUT2D eigenvalue weighted by atomic mass is 9.69. The first-order valence-corrected chi connectivity index (χ1v) is 7.47. The lowest BCUT2D eigenvalue weighted by Gasteiger charge is -2.32. The zero-order valence-electron chi connectivity index (χ0n) is 10.8. The summed E-state index contributed by atoms with van der Waals surface area (Å²) in [6, 6.07) is 0. The Kier molecular flexibility index (Phi) is 2.96. The zero-order valence-corrected chi connectivity index (χ0v) is 11.6. The van der Waals surface area contributed by atoms with Crippen molar-refractivity contribution in [3.05, 3.63) is 47.9 Å². The Bertz CT molecular complexity index is 815. The Morgan fingerprint density at radius 1 is 1.27 bits per heavy atom. The highest BCUT2D eigenvalue weighted by Crippen LogP contribution is 2.46. The van der Waals surface area contributed by atoms with Gasteiger partial charge in [0.25, 0.3) is 0 Å². The number of allylic oxidation sites excluding steroid dienone is 7. The molecule has 5 nitrogen and oxygen atoms in total. The summed E-state index contributed by atoms with van der Waals surface area (Å²) in [6.07, 6.45) is 9.06. The third-order valence-electron chi connectivity index (χ3n) is 3.55. The second-order valence-corrected chi connectivity index (χ2v) is 6.42. The van der Waals surface area contributed by atoms with E-state index in [1.807, 2.05) is 0 Å². The quantitative estimate of drug-likeness (QED) is 0.574. The molecular weight excluding hydrogens is 323 g/mol. The minimum atomic E-state index is -5.88. The monoisotopic (exact) mass is 331 g/mol. The Labute approximate surface area is 123 Å². The summed E-state index contributed by atoms with van der Waals surface area (Å²) in [4.78, 5) is 16.1. The van der Waals surface area contributed by atoms with Crippen LogP contribution in [-0.2, 0) is 19.1 Å². The third kappa shape index (κ3) is 2.04. The molecule has 1 heterocycles. The molecule has 9 heteroatoms. The van der Waals surface area contributed by atoms with Crippen molar-refractivity contribution in [1.82, 2.24) is 0 Å². The van der Waals surface area contributed by atoms with Crippen molar-refractivity contribution in [2.75, 3.05) is 0 Å². The van der Waals surface area contributed by atoms with Crippen LogP contribution in [0.3, 0.4) is 0 Å². The van der Waals surface area contributed by atoms with Crippen LogP contribution in [0.1, 0.15) is 6.42 Å². The molecule has 3 rings (SSSR count). The molecule has 1 atom stereocenters. The van der Waals surface area contributed by atoms with E-state index in [4.69, 9.17) is 0 Å². The number of Topliss-reactive ketones (excluding diaryl/α,β-unsaturated/α-hetero) is 1. The van der Waals surface area contributed by atoms with Gasteiger partial charge in [0.15, 0.2) is 5.76 Å². The van der Waals surface area contributed by atoms with E-state index in [1.165, 1.54) is 6.20 Å². The first-order chi connectivity index (χ1) is 10.2. The molecule has 2 aliphatic carbocycles. The van der Waals surface area contributed by atoms with Crippen LogP contribution >= 0.6 is 0 Å². The Balaban J connectivity index is 1.97. The van der Waals surface area contributed by atoms with Crippen LogP contribution in [0.15, 0.2) is 52.9 Å². The normalized spacial score (nSPS) is 26.9. The van der Waals surface area contributed by atoms with Gasteiger partial charge in [-0.3, -0.25) is 9.79 Å². The van der Waals surface area contributed by atoms with Gasteiger partial charge in [0.1, 0.15) is 0 Å². The van der Waals surface area contributed by atoms with Gasteiger partial charge in [0, 0.05) is 18.7 Å². The number of hydrogen-bond donors (Lipinski definition) is 0. The van der Waals surface area contributed by atoms with Crippen LogP contribution in [0.2, 0.25) is 0 Å². The van der Waals surface area contributed by atoms with Gasteiger partial charge in [0.2, 0.25) is 5.78 Å². The largest absolute Gasteiger partial charge is 0.534 e. The number of ketones is 1. The van der Waals surface area contributed by atoms with Gasteiger partial charge in [-0.15, -0.1) is 0 Å². The van der Waals surface area contributed by atoms with Crippen LogP contribution in [0.4, 0.5) is 13.2 Å². The van der Waals surface area contributed by atoms with Gasteiger partial charge in [-0.2, -0.15) is 21.6 Å². The van der Waals surface area contributed by atoms with Gasteiger partial charge in [-0.1, -0.05) is 24.3 Å². The molecule has 1 aliphatic heterocycles. The van der Waals surface area contributed by atoms with E-state index in [0.717, 1.165) is 6.08 Å². The number of alkyl halides is 3. The molecular formula is C13H8F3NO4S. The molecule has 0 aromatic carbocycles. The molecule has 3 aliphatic rings. The van der Waals surface area contributed by atoms with Crippen LogP contribution in [-0.4, -0.2) is 25.4 Å². The summed E-state index contributed by atoms with van der Waals surface area (Å²) in [5, 5.41) is 0. The highest BCUT2D eigenvalue weighted by Gasteiger charge is 2.51. The zero-order chi connectivity index (χ0) is 16.2. The third-order valence-corrected chi connectivity index (χ3v) is 4.51. The number of hydrogen-bond acceptors (Lipinski definition) is 5. The topological polar surface area (TPSA) is 72.8 Å². The summed E-state index contributed by atoms with van der Waals surface area (Å²) >= 11 is 0. The first kappa shape index (κ1) is 14.8. The SMILES string of the molecule is O=C1CC23C=CC=CC2=CN=C3C=C1OS(=O)(=O)C(F)(F)F. The minimum Gasteiger partial charge on any atom is -0.372 e. The standard InChI is InChI=1S/C13H8F3NO4S/c14-13(15,16)22(19,20)21-10-5-11-12(6-9(10)18)4-2-1-3-8(12)7-17-11/h1-5,7H,6H2. The highest BCUT2D eigenvalue weighted by atomic mass is 32.2. The Morgan fingerprint density at radius 3 is 2.68 bits per heavy atom. The van der Waals surface area contributed by atoms with Gasteiger partial charge < -0.3 is 4.18 Å². The maximum absolute atomic E-state index is 12.3. The lowest BCUT2D eigenvalue weighted by molar-refractivity contribution is -0.118. The second-order valence-electron chi connectivity index (χ2n) is 4.88. The molecule has 0 saturated carbocycles. The molecule has 1 unspecified atom stereocenters. The first-order valence-electron chi connectivity index (χ1n) is 6.06. The maximum atomic E-state index is 12.3. The van der Waals surface area contributed by atoms with Crippen molar-refractivity contribution in [3.8, 4) is 0 Å². The number of carbonyl (C=O) groups excluding carboxylic acids is 1. The van der Waals surface area contributed by atoms with Crippen LogP contribution < -0.4 is 0 Å². The summed E-state index contributed by atoms with van der Waals surface area (Å²) < 4.78 is 63.0. The molecule has 0 saturated heterocycles. The fourth-order valence-electron chi connectivity index (χ4n) is 2.47. The molecule has 116 valence electrons. The van der Waals surface area contributed by atoms with Crippen LogP contribution in [0, 0.1) is 5.41 Å². The Hall–Kier alpha value is -2.16. The van der Waals surface area contributed by atoms with Crippen LogP contribution in [0.5, 0.6) is 0 Å². The summed E-state index contributed by atoms with van der Waals surface area (Å²) in [5.41, 5.74) is -5.46. The van der Waals surface area contributed by atoms with E-state index in [1.54, 1.807) is 24.3 Å². The highest BCUT2D eigenvalue weighted by molar-refractivity contribution is 7.87. The van der Waals surface area contributed by atoms with Gasteiger partial charge >= 0.3 is 15.6 Å². The van der Waals surface area contributed by atoms with Crippen molar-refractivity contribution in [2.24, 2.45) is 10.4 Å². The van der Waals surface area contributed by atoms with Crippen molar-refractivity contribution >= 4 is 21.6 Å². The molecule has 0 bridgehead atoms. The van der Waals surface area contributed by atoms with Gasteiger partial charge in [0.05, 0.1) is 11.1 Å². The lowest BCUT2D eigenvalue weighted by Crippen LogP contribution is -2.37. The van der Waals surface area contributed by atoms with Crippen molar-refractivity contribution in [3.63, 3.8) is 0 Å². The summed E-state index contributed by atoms with van der Waals surface area (Å²) in [6.45, 7) is 0. The van der Waals surface area contributed by atoms with E-state index in [2.05, 4.69) is 9.18 Å². The summed E-state index contributed by atoms with van der Waals surface area (Å²) in [7, 11) is -5.88. The predicted molar refractivity (Wildman–Crippen MR) is 70.0 cm³/mol. The number of rotatable bonds is 2. The van der Waals surface area contributed by atoms with Crippen LogP contribution in [0.25, 0.3) is 0 Å². The molecule has 0 aromatic heterocycles. The fraction of sp³-hybridized carbons (Fsp3) is 0.231. The smallest absolute Gasteiger partial charge is 0.372 e. The molecule has 0 amide bonds. The molecule has 0 N–H and O–H groups in total. The number of nitrogens with zero attached hydrogens (tertiary/aromatic N) is 1. The predicted octanol–water partition coefficient (Wildman–Crippen LogP) is 2.16.